The summed E-state index contributed by atoms with van der Waals surface area (Å²) < 4.78 is 14.0. The molecule has 0 aromatic carbocycles. The Morgan fingerprint density at radius 3 is 2.93 bits per heavy atom. The lowest BCUT2D eigenvalue weighted by atomic mass is 10.1. The Kier molecular flexibility index (Phi) is 7.53. The number of ether oxygens (including phenoxy) is 2. The number of likely N-dealkylation sites (tertiary alicyclic amines) is 1. The van der Waals surface area contributed by atoms with Crippen LogP contribution in [0.1, 0.15) is 44.9 Å². The Morgan fingerprint density at radius 1 is 1.23 bits per heavy atom. The third-order valence-electron chi connectivity index (χ3n) is 5.85. The predicted molar refractivity (Wildman–Crippen MR) is 117 cm³/mol. The number of rotatable bonds is 7. The van der Waals surface area contributed by atoms with Gasteiger partial charge in [0.25, 0.3) is 0 Å². The summed E-state index contributed by atoms with van der Waals surface area (Å²) in [6.45, 7) is 7.23. The highest BCUT2D eigenvalue weighted by molar-refractivity contribution is 5.80. The minimum Gasteiger partial charge on any atom is -0.376 e. The molecule has 2 aromatic rings. The average Bonchev–Trinajstić information content (AvgIpc) is 3.21. The fraction of sp³-hybridized carbons (Fsp3) is 0.682. The van der Waals surface area contributed by atoms with E-state index in [1.807, 2.05) is 28.8 Å². The van der Waals surface area contributed by atoms with E-state index in [4.69, 9.17) is 14.5 Å². The summed E-state index contributed by atoms with van der Waals surface area (Å²) in [6, 6.07) is 5.95. The molecule has 0 radical (unpaired) electrons. The summed E-state index contributed by atoms with van der Waals surface area (Å²) >= 11 is 0. The highest BCUT2D eigenvalue weighted by Gasteiger charge is 2.23. The average molecular weight is 415 g/mol. The summed E-state index contributed by atoms with van der Waals surface area (Å²) in [7, 11) is 0. The number of piperidine rings is 1. The van der Waals surface area contributed by atoms with Crippen molar-refractivity contribution in [2.45, 2.75) is 57.7 Å². The molecule has 1 unspecified atom stereocenters. The predicted octanol–water partition coefficient (Wildman–Crippen LogP) is 2.29. The molecule has 8 heteroatoms. The summed E-state index contributed by atoms with van der Waals surface area (Å²) in [5, 5.41) is 12.0. The van der Waals surface area contributed by atoms with E-state index < -0.39 is 0 Å². The molecule has 2 aliphatic heterocycles. The van der Waals surface area contributed by atoms with Crippen molar-refractivity contribution in [3.8, 4) is 0 Å². The zero-order valence-corrected chi connectivity index (χ0v) is 18.0. The molecule has 2 aliphatic rings. The zero-order valence-electron chi connectivity index (χ0n) is 18.0. The molecule has 164 valence electrons. The van der Waals surface area contributed by atoms with Gasteiger partial charge in [0, 0.05) is 45.4 Å². The van der Waals surface area contributed by atoms with Crippen LogP contribution in [-0.4, -0.2) is 77.1 Å². The third-order valence-corrected chi connectivity index (χ3v) is 5.85. The third kappa shape index (κ3) is 5.49. The fourth-order valence-electron chi connectivity index (χ4n) is 4.17. The number of nitrogens with one attached hydrogen (secondary N) is 1. The summed E-state index contributed by atoms with van der Waals surface area (Å²) in [5.74, 6) is 1.93. The van der Waals surface area contributed by atoms with E-state index >= 15 is 0 Å². The Labute approximate surface area is 178 Å². The van der Waals surface area contributed by atoms with Crippen LogP contribution in [-0.2, 0) is 15.9 Å². The van der Waals surface area contributed by atoms with Crippen LogP contribution in [0.5, 0.6) is 0 Å². The monoisotopic (exact) mass is 414 g/mol. The number of aliphatic imine (C=N–C) groups is 1. The summed E-state index contributed by atoms with van der Waals surface area (Å²) in [6.07, 6.45) is 9.05. The van der Waals surface area contributed by atoms with E-state index in [0.717, 1.165) is 76.0 Å². The first-order valence-corrected chi connectivity index (χ1v) is 11.4. The van der Waals surface area contributed by atoms with Gasteiger partial charge >= 0.3 is 0 Å². The van der Waals surface area contributed by atoms with E-state index in [2.05, 4.69) is 27.3 Å². The quantitative estimate of drug-likeness (QED) is 0.553. The standard InChI is InChI=1S/C22H34N6O2/c1-2-23-22(24-12-9-21-26-25-20-8-3-5-13-28(20)21)27-14-10-18(11-15-27)30-17-19-7-4-6-16-29-19/h3,5,8,13,18-19H,2,4,6-7,9-12,14-17H2,1H3,(H,23,24). The van der Waals surface area contributed by atoms with Crippen molar-refractivity contribution in [1.29, 1.82) is 0 Å². The second-order valence-corrected chi connectivity index (χ2v) is 8.04. The lowest BCUT2D eigenvalue weighted by molar-refractivity contribution is -0.0721. The van der Waals surface area contributed by atoms with E-state index in [1.165, 1.54) is 12.8 Å². The zero-order chi connectivity index (χ0) is 20.6. The fourth-order valence-corrected chi connectivity index (χ4v) is 4.17. The van der Waals surface area contributed by atoms with Crippen LogP contribution in [0.15, 0.2) is 29.4 Å². The lowest BCUT2D eigenvalue weighted by Gasteiger charge is -2.35. The van der Waals surface area contributed by atoms with Gasteiger partial charge in [0.05, 0.1) is 18.8 Å². The highest BCUT2D eigenvalue weighted by Crippen LogP contribution is 2.18. The van der Waals surface area contributed by atoms with Crippen LogP contribution < -0.4 is 5.32 Å². The smallest absolute Gasteiger partial charge is 0.193 e. The molecule has 2 fully saturated rings. The molecular formula is C22H34N6O2. The minimum absolute atomic E-state index is 0.295. The molecule has 30 heavy (non-hydrogen) atoms. The van der Waals surface area contributed by atoms with Gasteiger partial charge in [-0.25, -0.2) is 0 Å². The van der Waals surface area contributed by atoms with Crippen molar-refractivity contribution in [3.05, 3.63) is 30.2 Å². The maximum absolute atomic E-state index is 6.15. The van der Waals surface area contributed by atoms with Crippen LogP contribution in [0.2, 0.25) is 0 Å². The molecule has 0 spiro atoms. The first kappa shape index (κ1) is 21.1. The molecule has 2 aromatic heterocycles. The van der Waals surface area contributed by atoms with Crippen molar-refractivity contribution in [1.82, 2.24) is 24.8 Å². The Morgan fingerprint density at radius 2 is 2.13 bits per heavy atom. The molecule has 8 nitrogen and oxygen atoms in total. The number of hydrogen-bond donors (Lipinski definition) is 1. The Bertz CT molecular complexity index is 809. The van der Waals surface area contributed by atoms with Gasteiger partial charge in [-0.1, -0.05) is 6.07 Å². The van der Waals surface area contributed by atoms with Crippen molar-refractivity contribution in [2.75, 3.05) is 39.4 Å². The van der Waals surface area contributed by atoms with E-state index in [9.17, 15) is 0 Å². The maximum Gasteiger partial charge on any atom is 0.193 e. The van der Waals surface area contributed by atoms with Crippen LogP contribution >= 0.6 is 0 Å². The van der Waals surface area contributed by atoms with E-state index in [-0.39, 0.29) is 0 Å². The molecule has 0 aliphatic carbocycles. The first-order chi connectivity index (χ1) is 14.8. The number of fused-ring (bicyclic) bond motifs is 1. The summed E-state index contributed by atoms with van der Waals surface area (Å²) in [4.78, 5) is 7.20. The van der Waals surface area contributed by atoms with Gasteiger partial charge in [0.15, 0.2) is 11.6 Å². The van der Waals surface area contributed by atoms with Crippen LogP contribution in [0.3, 0.4) is 0 Å². The van der Waals surface area contributed by atoms with Gasteiger partial charge in [-0.2, -0.15) is 0 Å². The molecule has 1 N–H and O–H groups in total. The highest BCUT2D eigenvalue weighted by atomic mass is 16.5. The number of aromatic nitrogens is 3. The van der Waals surface area contributed by atoms with Crippen molar-refractivity contribution in [2.24, 2.45) is 4.99 Å². The molecule has 4 heterocycles. The van der Waals surface area contributed by atoms with Crippen LogP contribution in [0, 0.1) is 0 Å². The van der Waals surface area contributed by atoms with Gasteiger partial charge in [-0.15, -0.1) is 10.2 Å². The van der Waals surface area contributed by atoms with E-state index in [0.29, 0.717) is 18.8 Å². The topological polar surface area (TPSA) is 76.3 Å². The largest absolute Gasteiger partial charge is 0.376 e. The van der Waals surface area contributed by atoms with Gasteiger partial charge in [0.2, 0.25) is 0 Å². The first-order valence-electron chi connectivity index (χ1n) is 11.4. The van der Waals surface area contributed by atoms with Crippen molar-refractivity contribution >= 4 is 11.6 Å². The molecule has 0 amide bonds. The molecular weight excluding hydrogens is 380 g/mol. The van der Waals surface area contributed by atoms with E-state index in [1.54, 1.807) is 0 Å². The number of nitrogens with zero attached hydrogens (tertiary/aromatic N) is 5. The van der Waals surface area contributed by atoms with Crippen LogP contribution in [0.25, 0.3) is 5.65 Å². The second kappa shape index (κ2) is 10.7. The van der Waals surface area contributed by atoms with Crippen molar-refractivity contribution < 1.29 is 9.47 Å². The van der Waals surface area contributed by atoms with Gasteiger partial charge < -0.3 is 19.7 Å². The number of hydrogen-bond acceptors (Lipinski definition) is 5. The molecule has 1 atom stereocenters. The molecule has 2 saturated heterocycles. The number of guanidine groups is 1. The number of pyridine rings is 1. The molecule has 0 bridgehead atoms. The second-order valence-electron chi connectivity index (χ2n) is 8.04. The molecule has 4 rings (SSSR count). The van der Waals surface area contributed by atoms with Crippen LogP contribution in [0.4, 0.5) is 0 Å². The van der Waals surface area contributed by atoms with Gasteiger partial charge in [0.1, 0.15) is 5.82 Å². The normalized spacial score (nSPS) is 21.3. The lowest BCUT2D eigenvalue weighted by Crippen LogP contribution is -2.47. The Hall–Kier alpha value is -2.19. The Balaban J connectivity index is 1.25. The summed E-state index contributed by atoms with van der Waals surface area (Å²) in [5.41, 5.74) is 0.879. The maximum atomic E-state index is 6.15. The molecule has 0 saturated carbocycles. The minimum atomic E-state index is 0.295. The van der Waals surface area contributed by atoms with Gasteiger partial charge in [-0.3, -0.25) is 9.39 Å². The van der Waals surface area contributed by atoms with Crippen molar-refractivity contribution in [3.63, 3.8) is 0 Å². The SMILES string of the molecule is CCNC(=NCCc1nnc2ccccn12)N1CCC(OCC2CCCCO2)CC1. The van der Waals surface area contributed by atoms with Gasteiger partial charge in [-0.05, 0) is 51.2 Å².